The minimum atomic E-state index is -0.496. The zero-order chi connectivity index (χ0) is 13.8. The standard InChI is InChI=1S/C14H14N2O3/c1-18-14(17)9-7-11(15)13(12(16)8-9)19-10-5-3-2-4-6-10/h2-8H,15-16H2,1H3. The molecule has 98 valence electrons. The highest BCUT2D eigenvalue weighted by Gasteiger charge is 2.13. The van der Waals surface area contributed by atoms with E-state index < -0.39 is 5.97 Å². The summed E-state index contributed by atoms with van der Waals surface area (Å²) < 4.78 is 10.2. The van der Waals surface area contributed by atoms with Crippen LogP contribution in [0, 0.1) is 0 Å². The highest BCUT2D eigenvalue weighted by atomic mass is 16.5. The number of ether oxygens (including phenoxy) is 2. The fourth-order valence-electron chi connectivity index (χ4n) is 1.63. The summed E-state index contributed by atoms with van der Waals surface area (Å²) in [6, 6.07) is 12.1. The van der Waals surface area contributed by atoms with Gasteiger partial charge in [0, 0.05) is 0 Å². The molecular formula is C14H14N2O3. The van der Waals surface area contributed by atoms with Crippen molar-refractivity contribution in [1.29, 1.82) is 0 Å². The number of carbonyl (C=O) groups is 1. The Labute approximate surface area is 110 Å². The number of benzene rings is 2. The summed E-state index contributed by atoms with van der Waals surface area (Å²) in [5.74, 6) is 0.454. The number of nitrogen functional groups attached to an aromatic ring is 2. The Hall–Kier alpha value is -2.69. The maximum absolute atomic E-state index is 11.4. The van der Waals surface area contributed by atoms with Gasteiger partial charge in [0.2, 0.25) is 0 Å². The topological polar surface area (TPSA) is 87.6 Å². The van der Waals surface area contributed by atoms with E-state index in [1.165, 1.54) is 19.2 Å². The minimum absolute atomic E-state index is 0.282. The normalized spacial score (nSPS) is 9.95. The van der Waals surface area contributed by atoms with Crippen molar-refractivity contribution in [2.24, 2.45) is 0 Å². The summed E-state index contributed by atoms with van der Waals surface area (Å²) >= 11 is 0. The molecule has 4 N–H and O–H groups in total. The zero-order valence-corrected chi connectivity index (χ0v) is 10.4. The van der Waals surface area contributed by atoms with Crippen LogP contribution < -0.4 is 16.2 Å². The molecule has 0 saturated heterocycles. The van der Waals surface area contributed by atoms with Gasteiger partial charge in [0.15, 0.2) is 5.75 Å². The molecule has 2 aromatic carbocycles. The third-order valence-corrected chi connectivity index (χ3v) is 2.53. The number of carbonyl (C=O) groups excluding carboxylic acids is 1. The summed E-state index contributed by atoms with van der Waals surface area (Å²) in [5, 5.41) is 0. The van der Waals surface area contributed by atoms with Crippen molar-refractivity contribution < 1.29 is 14.3 Å². The van der Waals surface area contributed by atoms with E-state index in [1.54, 1.807) is 12.1 Å². The lowest BCUT2D eigenvalue weighted by Gasteiger charge is -2.12. The highest BCUT2D eigenvalue weighted by Crippen LogP contribution is 2.34. The molecule has 0 amide bonds. The van der Waals surface area contributed by atoms with Crippen LogP contribution in [-0.2, 0) is 4.74 Å². The van der Waals surface area contributed by atoms with Crippen molar-refractivity contribution in [2.45, 2.75) is 0 Å². The molecule has 0 radical (unpaired) electrons. The predicted molar refractivity (Wildman–Crippen MR) is 73.1 cm³/mol. The van der Waals surface area contributed by atoms with E-state index in [0.717, 1.165) is 0 Å². The van der Waals surface area contributed by atoms with E-state index in [4.69, 9.17) is 16.2 Å². The molecule has 0 heterocycles. The van der Waals surface area contributed by atoms with Crippen molar-refractivity contribution in [1.82, 2.24) is 0 Å². The molecule has 5 heteroatoms. The molecular weight excluding hydrogens is 244 g/mol. The Morgan fingerprint density at radius 1 is 1.05 bits per heavy atom. The molecule has 0 spiro atoms. The first kappa shape index (κ1) is 12.8. The summed E-state index contributed by atoms with van der Waals surface area (Å²) in [4.78, 5) is 11.4. The molecule has 0 aromatic heterocycles. The maximum atomic E-state index is 11.4. The first-order chi connectivity index (χ1) is 9.11. The summed E-state index contributed by atoms with van der Waals surface area (Å²) in [6.45, 7) is 0. The quantitative estimate of drug-likeness (QED) is 0.652. The number of rotatable bonds is 3. The van der Waals surface area contributed by atoms with Gasteiger partial charge in [0.1, 0.15) is 5.75 Å². The zero-order valence-electron chi connectivity index (χ0n) is 10.4. The molecule has 19 heavy (non-hydrogen) atoms. The fraction of sp³-hybridized carbons (Fsp3) is 0.0714. The predicted octanol–water partition coefficient (Wildman–Crippen LogP) is 2.43. The molecule has 5 nitrogen and oxygen atoms in total. The lowest BCUT2D eigenvalue weighted by atomic mass is 10.1. The van der Waals surface area contributed by atoms with Gasteiger partial charge in [-0.2, -0.15) is 0 Å². The van der Waals surface area contributed by atoms with Crippen molar-refractivity contribution in [3.8, 4) is 11.5 Å². The van der Waals surface area contributed by atoms with E-state index in [-0.39, 0.29) is 16.9 Å². The van der Waals surface area contributed by atoms with Crippen LogP contribution in [-0.4, -0.2) is 13.1 Å². The molecule has 0 bridgehead atoms. The van der Waals surface area contributed by atoms with Crippen LogP contribution >= 0.6 is 0 Å². The van der Waals surface area contributed by atoms with Gasteiger partial charge in [-0.05, 0) is 24.3 Å². The average Bonchev–Trinajstić information content (AvgIpc) is 2.43. The van der Waals surface area contributed by atoms with E-state index in [1.807, 2.05) is 18.2 Å². The summed E-state index contributed by atoms with van der Waals surface area (Å²) in [7, 11) is 1.29. The Balaban J connectivity index is 2.35. The molecule has 0 unspecified atom stereocenters. The number of para-hydroxylation sites is 1. The van der Waals surface area contributed by atoms with E-state index >= 15 is 0 Å². The Kier molecular flexibility index (Phi) is 3.56. The van der Waals surface area contributed by atoms with Gasteiger partial charge in [-0.1, -0.05) is 18.2 Å². The van der Waals surface area contributed by atoms with Crippen LogP contribution in [0.5, 0.6) is 11.5 Å². The van der Waals surface area contributed by atoms with Crippen molar-refractivity contribution >= 4 is 17.3 Å². The van der Waals surface area contributed by atoms with Crippen molar-refractivity contribution in [2.75, 3.05) is 18.6 Å². The van der Waals surface area contributed by atoms with Gasteiger partial charge < -0.3 is 20.9 Å². The molecule has 0 atom stereocenters. The molecule has 0 aliphatic carbocycles. The number of hydrogen-bond donors (Lipinski definition) is 2. The number of esters is 1. The van der Waals surface area contributed by atoms with Gasteiger partial charge in [-0.15, -0.1) is 0 Å². The van der Waals surface area contributed by atoms with Crippen LogP contribution in [0.15, 0.2) is 42.5 Å². The third-order valence-electron chi connectivity index (χ3n) is 2.53. The number of methoxy groups -OCH3 is 1. The third kappa shape index (κ3) is 2.77. The number of hydrogen-bond acceptors (Lipinski definition) is 5. The number of anilines is 2. The maximum Gasteiger partial charge on any atom is 0.338 e. The largest absolute Gasteiger partial charge is 0.465 e. The molecule has 0 saturated carbocycles. The van der Waals surface area contributed by atoms with Gasteiger partial charge in [0.05, 0.1) is 24.0 Å². The molecule has 0 fully saturated rings. The average molecular weight is 258 g/mol. The highest BCUT2D eigenvalue weighted by molar-refractivity contribution is 5.93. The lowest BCUT2D eigenvalue weighted by Crippen LogP contribution is -2.05. The molecule has 0 aliphatic heterocycles. The van der Waals surface area contributed by atoms with Gasteiger partial charge in [-0.3, -0.25) is 0 Å². The van der Waals surface area contributed by atoms with Gasteiger partial charge in [0.25, 0.3) is 0 Å². The second-order valence-electron chi connectivity index (χ2n) is 3.89. The minimum Gasteiger partial charge on any atom is -0.465 e. The first-order valence-corrected chi connectivity index (χ1v) is 5.62. The Morgan fingerprint density at radius 3 is 2.16 bits per heavy atom. The molecule has 0 aliphatic rings. The molecule has 2 rings (SSSR count). The SMILES string of the molecule is COC(=O)c1cc(N)c(Oc2ccccc2)c(N)c1. The first-order valence-electron chi connectivity index (χ1n) is 5.62. The van der Waals surface area contributed by atoms with Crippen LogP contribution in [0.3, 0.4) is 0 Å². The van der Waals surface area contributed by atoms with Gasteiger partial charge >= 0.3 is 5.97 Å². The smallest absolute Gasteiger partial charge is 0.338 e. The van der Waals surface area contributed by atoms with E-state index in [0.29, 0.717) is 11.5 Å². The Morgan fingerprint density at radius 2 is 1.63 bits per heavy atom. The van der Waals surface area contributed by atoms with Crippen LogP contribution in [0.2, 0.25) is 0 Å². The van der Waals surface area contributed by atoms with Crippen LogP contribution in [0.1, 0.15) is 10.4 Å². The fourth-order valence-corrected chi connectivity index (χ4v) is 1.63. The molecule has 2 aromatic rings. The summed E-state index contributed by atoms with van der Waals surface area (Å²) in [5.41, 5.74) is 12.6. The van der Waals surface area contributed by atoms with Crippen LogP contribution in [0.4, 0.5) is 11.4 Å². The lowest BCUT2D eigenvalue weighted by molar-refractivity contribution is 0.0601. The van der Waals surface area contributed by atoms with Crippen LogP contribution in [0.25, 0.3) is 0 Å². The van der Waals surface area contributed by atoms with Gasteiger partial charge in [-0.25, -0.2) is 4.79 Å². The summed E-state index contributed by atoms with van der Waals surface area (Å²) in [6.07, 6.45) is 0. The number of nitrogens with two attached hydrogens (primary N) is 2. The second-order valence-corrected chi connectivity index (χ2v) is 3.89. The monoisotopic (exact) mass is 258 g/mol. The van der Waals surface area contributed by atoms with Crippen molar-refractivity contribution in [3.05, 3.63) is 48.0 Å². The second kappa shape index (κ2) is 5.30. The van der Waals surface area contributed by atoms with E-state index in [9.17, 15) is 4.79 Å². The van der Waals surface area contributed by atoms with E-state index in [2.05, 4.69) is 4.74 Å². The Bertz CT molecular complexity index is 574. The van der Waals surface area contributed by atoms with Crippen molar-refractivity contribution in [3.63, 3.8) is 0 Å².